The minimum Gasteiger partial charge on any atom is -0.484 e. The van der Waals surface area contributed by atoms with Gasteiger partial charge < -0.3 is 14.2 Å². The second-order valence-corrected chi connectivity index (χ2v) is 7.55. The van der Waals surface area contributed by atoms with Crippen molar-refractivity contribution in [1.82, 2.24) is 15.0 Å². The van der Waals surface area contributed by atoms with E-state index in [0.717, 1.165) is 15.6 Å². The molecule has 0 N–H and O–H groups in total. The van der Waals surface area contributed by atoms with Crippen LogP contribution in [0.25, 0.3) is 11.4 Å². The van der Waals surface area contributed by atoms with Gasteiger partial charge in [-0.2, -0.15) is 4.98 Å². The van der Waals surface area contributed by atoms with E-state index in [4.69, 9.17) is 9.26 Å². The smallest absolute Gasteiger partial charge is 0.261 e. The van der Waals surface area contributed by atoms with Gasteiger partial charge in [-0.05, 0) is 44.5 Å². The Morgan fingerprint density at radius 2 is 1.96 bits per heavy atom. The molecule has 0 radical (unpaired) electrons. The summed E-state index contributed by atoms with van der Waals surface area (Å²) in [4.78, 5) is 18.8. The molecule has 6 nitrogen and oxygen atoms in total. The van der Waals surface area contributed by atoms with Crippen LogP contribution in [0.4, 0.5) is 0 Å². The maximum absolute atomic E-state index is 12.7. The van der Waals surface area contributed by atoms with Gasteiger partial charge in [0, 0.05) is 16.1 Å². The van der Waals surface area contributed by atoms with Crippen LogP contribution in [0, 0.1) is 6.92 Å². The number of hydrogen-bond acceptors (Lipinski definition) is 5. The Kier molecular flexibility index (Phi) is 6.46. The number of ether oxygens (including phenoxy) is 1. The van der Waals surface area contributed by atoms with E-state index >= 15 is 0 Å². The molecule has 1 heterocycles. The molecule has 1 aromatic heterocycles. The SMILES string of the molecule is Cc1cc(OCC(=O)N(Cc2nc(-c3ccccc3)no2)C(C)C)ccc1Br. The maximum Gasteiger partial charge on any atom is 0.261 e. The van der Waals surface area contributed by atoms with E-state index in [1.807, 2.05) is 69.3 Å². The molecular weight excluding hydrogens is 422 g/mol. The van der Waals surface area contributed by atoms with Crippen molar-refractivity contribution in [1.29, 1.82) is 0 Å². The van der Waals surface area contributed by atoms with Gasteiger partial charge in [0.05, 0.1) is 0 Å². The van der Waals surface area contributed by atoms with E-state index in [1.165, 1.54) is 0 Å². The summed E-state index contributed by atoms with van der Waals surface area (Å²) in [5, 5.41) is 4.01. The molecule has 0 saturated carbocycles. The van der Waals surface area contributed by atoms with Crippen LogP contribution in [0.2, 0.25) is 0 Å². The zero-order chi connectivity index (χ0) is 20.1. The highest BCUT2D eigenvalue weighted by Gasteiger charge is 2.21. The van der Waals surface area contributed by atoms with Crippen molar-refractivity contribution in [3.8, 4) is 17.1 Å². The van der Waals surface area contributed by atoms with Crippen LogP contribution in [-0.4, -0.2) is 33.6 Å². The standard InChI is InChI=1S/C21H22BrN3O3/c1-14(2)25(20(26)13-27-17-9-10-18(22)15(3)11-17)12-19-23-21(24-28-19)16-7-5-4-6-8-16/h4-11,14H,12-13H2,1-3H3. The van der Waals surface area contributed by atoms with Gasteiger partial charge >= 0.3 is 0 Å². The number of nitrogens with zero attached hydrogens (tertiary/aromatic N) is 3. The molecule has 0 spiro atoms. The molecule has 0 bridgehead atoms. The van der Waals surface area contributed by atoms with E-state index in [9.17, 15) is 4.79 Å². The first kappa shape index (κ1) is 20.1. The van der Waals surface area contributed by atoms with E-state index in [2.05, 4.69) is 26.1 Å². The summed E-state index contributed by atoms with van der Waals surface area (Å²) < 4.78 is 12.0. The first-order chi connectivity index (χ1) is 13.4. The molecule has 0 aliphatic rings. The third-order valence-electron chi connectivity index (χ3n) is 4.24. The van der Waals surface area contributed by atoms with Crippen molar-refractivity contribution < 1.29 is 14.1 Å². The summed E-state index contributed by atoms with van der Waals surface area (Å²) in [7, 11) is 0. The molecule has 7 heteroatoms. The van der Waals surface area contributed by atoms with Crippen molar-refractivity contribution >= 4 is 21.8 Å². The van der Waals surface area contributed by atoms with E-state index in [-0.39, 0.29) is 25.1 Å². The quantitative estimate of drug-likeness (QED) is 0.532. The molecule has 0 saturated heterocycles. The Labute approximate surface area is 172 Å². The Balaban J connectivity index is 1.65. The average molecular weight is 444 g/mol. The minimum atomic E-state index is -0.143. The van der Waals surface area contributed by atoms with Gasteiger partial charge in [0.15, 0.2) is 6.61 Å². The van der Waals surface area contributed by atoms with Crippen molar-refractivity contribution in [3.05, 3.63) is 64.5 Å². The number of aryl methyl sites for hydroxylation is 1. The normalized spacial score (nSPS) is 10.9. The summed E-state index contributed by atoms with van der Waals surface area (Å²) >= 11 is 3.45. The molecule has 0 fully saturated rings. The lowest BCUT2D eigenvalue weighted by Gasteiger charge is -2.25. The van der Waals surface area contributed by atoms with Crippen molar-refractivity contribution in [2.75, 3.05) is 6.61 Å². The summed E-state index contributed by atoms with van der Waals surface area (Å²) in [6.07, 6.45) is 0. The highest BCUT2D eigenvalue weighted by Crippen LogP contribution is 2.22. The number of carbonyl (C=O) groups excluding carboxylic acids is 1. The van der Waals surface area contributed by atoms with E-state index in [1.54, 1.807) is 4.90 Å². The second kappa shape index (κ2) is 9.01. The van der Waals surface area contributed by atoms with Gasteiger partial charge in [0.1, 0.15) is 12.3 Å². The van der Waals surface area contributed by atoms with Crippen molar-refractivity contribution in [3.63, 3.8) is 0 Å². The maximum atomic E-state index is 12.7. The molecule has 0 aliphatic heterocycles. The fourth-order valence-corrected chi connectivity index (χ4v) is 2.91. The predicted octanol–water partition coefficient (Wildman–Crippen LogP) is 4.62. The Morgan fingerprint density at radius 3 is 2.64 bits per heavy atom. The molecule has 3 aromatic rings. The highest BCUT2D eigenvalue weighted by atomic mass is 79.9. The second-order valence-electron chi connectivity index (χ2n) is 6.69. The number of aromatic nitrogens is 2. The number of carbonyl (C=O) groups is 1. The van der Waals surface area contributed by atoms with Crippen LogP contribution in [0.15, 0.2) is 57.5 Å². The Hall–Kier alpha value is -2.67. The van der Waals surface area contributed by atoms with Gasteiger partial charge in [0.2, 0.25) is 11.7 Å². The van der Waals surface area contributed by atoms with Crippen LogP contribution >= 0.6 is 15.9 Å². The molecule has 1 amide bonds. The monoisotopic (exact) mass is 443 g/mol. The topological polar surface area (TPSA) is 68.5 Å². The molecule has 28 heavy (non-hydrogen) atoms. The largest absolute Gasteiger partial charge is 0.484 e. The molecular formula is C21H22BrN3O3. The molecule has 0 atom stereocenters. The fourth-order valence-electron chi connectivity index (χ4n) is 2.66. The highest BCUT2D eigenvalue weighted by molar-refractivity contribution is 9.10. The van der Waals surface area contributed by atoms with Gasteiger partial charge in [-0.25, -0.2) is 0 Å². The first-order valence-electron chi connectivity index (χ1n) is 9.00. The van der Waals surface area contributed by atoms with E-state index < -0.39 is 0 Å². The zero-order valence-electron chi connectivity index (χ0n) is 16.1. The van der Waals surface area contributed by atoms with Crippen LogP contribution < -0.4 is 4.74 Å². The lowest BCUT2D eigenvalue weighted by Crippen LogP contribution is -2.39. The van der Waals surface area contributed by atoms with Crippen LogP contribution in [0.5, 0.6) is 5.75 Å². The Bertz CT molecular complexity index is 941. The third kappa shape index (κ3) is 4.98. The number of rotatable bonds is 7. The van der Waals surface area contributed by atoms with Gasteiger partial charge in [-0.3, -0.25) is 4.79 Å². The van der Waals surface area contributed by atoms with Gasteiger partial charge in [-0.15, -0.1) is 0 Å². The number of hydrogen-bond donors (Lipinski definition) is 0. The molecule has 0 unspecified atom stereocenters. The molecule has 2 aromatic carbocycles. The van der Waals surface area contributed by atoms with Crippen LogP contribution in [0.1, 0.15) is 25.3 Å². The third-order valence-corrected chi connectivity index (χ3v) is 5.13. The lowest BCUT2D eigenvalue weighted by atomic mass is 10.2. The van der Waals surface area contributed by atoms with Crippen molar-refractivity contribution in [2.24, 2.45) is 0 Å². The summed E-state index contributed by atoms with van der Waals surface area (Å²) in [5.41, 5.74) is 1.92. The van der Waals surface area contributed by atoms with Gasteiger partial charge in [0.25, 0.3) is 5.91 Å². The number of halogens is 1. The summed E-state index contributed by atoms with van der Waals surface area (Å²) in [6.45, 7) is 6.03. The minimum absolute atomic E-state index is 0.0326. The summed E-state index contributed by atoms with van der Waals surface area (Å²) in [5.74, 6) is 1.41. The molecule has 146 valence electrons. The van der Waals surface area contributed by atoms with Gasteiger partial charge in [-0.1, -0.05) is 51.4 Å². The zero-order valence-corrected chi connectivity index (χ0v) is 17.6. The number of amides is 1. The average Bonchev–Trinajstić information content (AvgIpc) is 3.16. The van der Waals surface area contributed by atoms with Crippen LogP contribution in [0.3, 0.4) is 0 Å². The van der Waals surface area contributed by atoms with Crippen molar-refractivity contribution in [2.45, 2.75) is 33.4 Å². The molecule has 3 rings (SSSR count). The Morgan fingerprint density at radius 1 is 1.21 bits per heavy atom. The lowest BCUT2D eigenvalue weighted by molar-refractivity contribution is -0.136. The fraction of sp³-hybridized carbons (Fsp3) is 0.286. The molecule has 0 aliphatic carbocycles. The number of benzene rings is 2. The summed E-state index contributed by atoms with van der Waals surface area (Å²) in [6, 6.07) is 15.2. The van der Waals surface area contributed by atoms with Crippen LogP contribution in [-0.2, 0) is 11.3 Å². The predicted molar refractivity (Wildman–Crippen MR) is 110 cm³/mol. The first-order valence-corrected chi connectivity index (χ1v) is 9.79. The van der Waals surface area contributed by atoms with E-state index in [0.29, 0.717) is 17.5 Å².